The molecule has 2 aromatic rings. The number of hydrogen-bond acceptors (Lipinski definition) is 5. The summed E-state index contributed by atoms with van der Waals surface area (Å²) in [6.45, 7) is 0.644. The van der Waals surface area contributed by atoms with Gasteiger partial charge in [0.15, 0.2) is 9.84 Å². The molecule has 1 atom stereocenters. The van der Waals surface area contributed by atoms with Crippen molar-refractivity contribution in [2.24, 2.45) is 0 Å². The van der Waals surface area contributed by atoms with E-state index in [0.29, 0.717) is 22.9 Å². The molecule has 0 bridgehead atoms. The van der Waals surface area contributed by atoms with Crippen molar-refractivity contribution in [3.63, 3.8) is 0 Å². The Morgan fingerprint density at radius 2 is 2.27 bits per heavy atom. The van der Waals surface area contributed by atoms with Gasteiger partial charge in [-0.2, -0.15) is 5.10 Å². The first-order chi connectivity index (χ1) is 10.5. The van der Waals surface area contributed by atoms with Crippen LogP contribution in [0.3, 0.4) is 0 Å². The molecule has 1 saturated heterocycles. The molecular weight excluding hydrogens is 326 g/mol. The van der Waals surface area contributed by atoms with Gasteiger partial charge in [0, 0.05) is 11.6 Å². The monoisotopic (exact) mass is 341 g/mol. The van der Waals surface area contributed by atoms with Crippen LogP contribution in [0.4, 0.5) is 0 Å². The van der Waals surface area contributed by atoms with Gasteiger partial charge in [0.2, 0.25) is 0 Å². The standard InChI is InChI=1S/C14H16ClN3O3S/c15-12-4-3-11(14(6-12)18-10-16-9-17-18)7-22(19,20)8-13-2-1-5-21-13/h3-4,6,9-10,13H,1-2,5,7-8H2. The van der Waals surface area contributed by atoms with E-state index >= 15 is 0 Å². The van der Waals surface area contributed by atoms with Crippen molar-refractivity contribution in [1.29, 1.82) is 0 Å². The molecular formula is C14H16ClN3O3S. The summed E-state index contributed by atoms with van der Waals surface area (Å²) in [6, 6.07) is 5.08. The molecule has 1 fully saturated rings. The van der Waals surface area contributed by atoms with Crippen LogP contribution in [-0.2, 0) is 20.3 Å². The maximum Gasteiger partial charge on any atom is 0.157 e. The lowest BCUT2D eigenvalue weighted by atomic mass is 10.2. The molecule has 0 amide bonds. The summed E-state index contributed by atoms with van der Waals surface area (Å²) in [5, 5.41) is 4.57. The van der Waals surface area contributed by atoms with Crippen LogP contribution in [0.5, 0.6) is 0 Å². The van der Waals surface area contributed by atoms with Crippen LogP contribution in [-0.4, -0.2) is 41.6 Å². The molecule has 1 unspecified atom stereocenters. The molecule has 118 valence electrons. The topological polar surface area (TPSA) is 74.1 Å². The molecule has 0 saturated carbocycles. The van der Waals surface area contributed by atoms with E-state index in [1.54, 1.807) is 18.2 Å². The molecule has 3 rings (SSSR count). The van der Waals surface area contributed by atoms with Crippen LogP contribution >= 0.6 is 11.6 Å². The Kier molecular flexibility index (Phi) is 4.46. The Balaban J connectivity index is 1.85. The quantitative estimate of drug-likeness (QED) is 0.831. The van der Waals surface area contributed by atoms with E-state index in [1.165, 1.54) is 17.3 Å². The highest BCUT2D eigenvalue weighted by Crippen LogP contribution is 2.23. The maximum atomic E-state index is 12.4. The molecule has 1 aliphatic heterocycles. The molecule has 0 spiro atoms. The predicted octanol–water partition coefficient (Wildman–Crippen LogP) is 2.01. The highest BCUT2D eigenvalue weighted by atomic mass is 35.5. The van der Waals surface area contributed by atoms with E-state index in [1.807, 2.05) is 0 Å². The van der Waals surface area contributed by atoms with Crippen molar-refractivity contribution < 1.29 is 13.2 Å². The fourth-order valence-electron chi connectivity index (χ4n) is 2.56. The molecule has 8 heteroatoms. The maximum absolute atomic E-state index is 12.4. The lowest BCUT2D eigenvalue weighted by Gasteiger charge is -2.13. The highest BCUT2D eigenvalue weighted by Gasteiger charge is 2.24. The van der Waals surface area contributed by atoms with Gasteiger partial charge < -0.3 is 4.74 Å². The van der Waals surface area contributed by atoms with Gasteiger partial charge in [-0.15, -0.1) is 0 Å². The van der Waals surface area contributed by atoms with Crippen LogP contribution in [0.1, 0.15) is 18.4 Å². The second-order valence-electron chi connectivity index (χ2n) is 5.30. The average Bonchev–Trinajstić information content (AvgIpc) is 3.13. The van der Waals surface area contributed by atoms with Gasteiger partial charge in [-0.05, 0) is 30.5 Å². The number of benzene rings is 1. The van der Waals surface area contributed by atoms with Crippen molar-refractivity contribution in [2.45, 2.75) is 24.7 Å². The molecule has 6 nitrogen and oxygen atoms in total. The minimum Gasteiger partial charge on any atom is -0.377 e. The van der Waals surface area contributed by atoms with E-state index in [2.05, 4.69) is 10.1 Å². The van der Waals surface area contributed by atoms with Crippen molar-refractivity contribution >= 4 is 21.4 Å². The molecule has 2 heterocycles. The third kappa shape index (κ3) is 3.66. The third-order valence-electron chi connectivity index (χ3n) is 3.55. The number of halogens is 1. The molecule has 22 heavy (non-hydrogen) atoms. The number of rotatable bonds is 5. The van der Waals surface area contributed by atoms with E-state index < -0.39 is 9.84 Å². The van der Waals surface area contributed by atoms with E-state index in [4.69, 9.17) is 16.3 Å². The van der Waals surface area contributed by atoms with Crippen molar-refractivity contribution in [1.82, 2.24) is 14.8 Å². The van der Waals surface area contributed by atoms with Crippen molar-refractivity contribution in [2.75, 3.05) is 12.4 Å². The fraction of sp³-hybridized carbons (Fsp3) is 0.429. The number of nitrogens with zero attached hydrogens (tertiary/aromatic N) is 3. The van der Waals surface area contributed by atoms with Crippen LogP contribution in [0.25, 0.3) is 5.69 Å². The number of hydrogen-bond donors (Lipinski definition) is 0. The van der Waals surface area contributed by atoms with Gasteiger partial charge in [-0.3, -0.25) is 0 Å². The summed E-state index contributed by atoms with van der Waals surface area (Å²) in [5.74, 6) is -0.0222. The van der Waals surface area contributed by atoms with E-state index in [0.717, 1.165) is 12.8 Å². The zero-order valence-corrected chi connectivity index (χ0v) is 13.4. The Hall–Kier alpha value is -1.44. The molecule has 1 aliphatic rings. The zero-order chi connectivity index (χ0) is 15.6. The van der Waals surface area contributed by atoms with E-state index in [-0.39, 0.29) is 17.6 Å². The second-order valence-corrected chi connectivity index (χ2v) is 7.85. The SMILES string of the molecule is O=S(=O)(Cc1ccc(Cl)cc1-n1cncn1)CC1CCCO1. The Morgan fingerprint density at radius 3 is 2.95 bits per heavy atom. The number of ether oxygens (including phenoxy) is 1. The summed E-state index contributed by atoms with van der Waals surface area (Å²) >= 11 is 6.01. The van der Waals surface area contributed by atoms with Crippen LogP contribution in [0.15, 0.2) is 30.9 Å². The summed E-state index contributed by atoms with van der Waals surface area (Å²) in [4.78, 5) is 3.89. The van der Waals surface area contributed by atoms with Gasteiger partial charge in [0.05, 0.1) is 23.3 Å². The first-order valence-corrected chi connectivity index (χ1v) is 9.19. The van der Waals surface area contributed by atoms with E-state index in [9.17, 15) is 8.42 Å². The minimum absolute atomic E-state index is 0.0480. The molecule has 1 aromatic carbocycles. The normalized spacial score (nSPS) is 18.7. The van der Waals surface area contributed by atoms with Crippen molar-refractivity contribution in [3.8, 4) is 5.69 Å². The summed E-state index contributed by atoms with van der Waals surface area (Å²) in [6.07, 6.45) is 4.45. The van der Waals surface area contributed by atoms with Crippen LogP contribution < -0.4 is 0 Å². The predicted molar refractivity (Wildman–Crippen MR) is 82.8 cm³/mol. The number of aromatic nitrogens is 3. The molecule has 0 aliphatic carbocycles. The minimum atomic E-state index is -3.27. The summed E-state index contributed by atoms with van der Waals surface area (Å²) < 4.78 is 31.7. The molecule has 0 N–H and O–H groups in total. The zero-order valence-electron chi connectivity index (χ0n) is 11.9. The lowest BCUT2D eigenvalue weighted by molar-refractivity contribution is 0.127. The first-order valence-electron chi connectivity index (χ1n) is 6.99. The van der Waals surface area contributed by atoms with Gasteiger partial charge in [-0.1, -0.05) is 17.7 Å². The van der Waals surface area contributed by atoms with Gasteiger partial charge in [0.1, 0.15) is 12.7 Å². The second kappa shape index (κ2) is 6.36. The lowest BCUT2D eigenvalue weighted by Crippen LogP contribution is -2.22. The highest BCUT2D eigenvalue weighted by molar-refractivity contribution is 7.90. The molecule has 0 radical (unpaired) electrons. The van der Waals surface area contributed by atoms with Gasteiger partial charge >= 0.3 is 0 Å². The van der Waals surface area contributed by atoms with Crippen LogP contribution in [0.2, 0.25) is 5.02 Å². The largest absolute Gasteiger partial charge is 0.377 e. The third-order valence-corrected chi connectivity index (χ3v) is 5.42. The van der Waals surface area contributed by atoms with Gasteiger partial charge in [0.25, 0.3) is 0 Å². The average molecular weight is 342 g/mol. The van der Waals surface area contributed by atoms with Crippen LogP contribution in [0, 0.1) is 0 Å². The van der Waals surface area contributed by atoms with Gasteiger partial charge in [-0.25, -0.2) is 18.1 Å². The fourth-order valence-corrected chi connectivity index (χ4v) is 4.39. The Morgan fingerprint density at radius 1 is 1.41 bits per heavy atom. The van der Waals surface area contributed by atoms with Crippen molar-refractivity contribution in [3.05, 3.63) is 41.4 Å². The first kappa shape index (κ1) is 15.5. The Labute approximate surface area is 134 Å². The smallest absolute Gasteiger partial charge is 0.157 e. The summed E-state index contributed by atoms with van der Waals surface area (Å²) in [7, 11) is -3.27. The molecule has 1 aromatic heterocycles. The Bertz CT molecular complexity index is 741. The summed E-state index contributed by atoms with van der Waals surface area (Å²) in [5.41, 5.74) is 1.27. The number of sulfone groups is 1.